The van der Waals surface area contributed by atoms with E-state index in [2.05, 4.69) is 19.9 Å². The van der Waals surface area contributed by atoms with Gasteiger partial charge in [0.25, 0.3) is 0 Å². The van der Waals surface area contributed by atoms with Crippen LogP contribution in [0.2, 0.25) is 0 Å². The second-order valence-corrected chi connectivity index (χ2v) is 10.6. The van der Waals surface area contributed by atoms with E-state index in [1.54, 1.807) is 43.3 Å². The summed E-state index contributed by atoms with van der Waals surface area (Å²) >= 11 is 0. The number of nitrogens with zero attached hydrogens (tertiary/aromatic N) is 4. The van der Waals surface area contributed by atoms with Crippen molar-refractivity contribution in [3.63, 3.8) is 0 Å². The van der Waals surface area contributed by atoms with Gasteiger partial charge in [0.15, 0.2) is 5.82 Å². The fraction of sp³-hybridized carbons (Fsp3) is 0.458. The smallest absolute Gasteiger partial charge is 0.243 e. The van der Waals surface area contributed by atoms with Gasteiger partial charge < -0.3 is 18.9 Å². The van der Waals surface area contributed by atoms with Gasteiger partial charge in [-0.25, -0.2) is 13.4 Å². The topological polar surface area (TPSA) is 127 Å². The van der Waals surface area contributed by atoms with Crippen LogP contribution in [0.1, 0.15) is 26.2 Å². The van der Waals surface area contributed by atoms with Crippen molar-refractivity contribution in [1.82, 2.24) is 19.7 Å². The zero-order chi connectivity index (χ0) is 25.7. The quantitative estimate of drug-likeness (QED) is 0.431. The highest BCUT2D eigenvalue weighted by Crippen LogP contribution is 2.38. The molecule has 11 nitrogen and oxygen atoms in total. The van der Waals surface area contributed by atoms with Crippen LogP contribution < -0.4 is 18.9 Å². The number of methoxy groups -OCH3 is 3. The number of anilines is 1. The Labute approximate surface area is 210 Å². The van der Waals surface area contributed by atoms with Crippen LogP contribution in [0.3, 0.4) is 0 Å². The van der Waals surface area contributed by atoms with Gasteiger partial charge in [-0.05, 0) is 50.3 Å². The number of benzene rings is 1. The van der Waals surface area contributed by atoms with Gasteiger partial charge in [-0.1, -0.05) is 12.1 Å². The van der Waals surface area contributed by atoms with Crippen molar-refractivity contribution in [2.45, 2.75) is 31.4 Å². The van der Waals surface area contributed by atoms with Crippen molar-refractivity contribution < 1.29 is 27.4 Å². The van der Waals surface area contributed by atoms with Gasteiger partial charge in [0.05, 0.1) is 26.6 Å². The minimum Gasteiger partial charge on any atom is -0.494 e. The molecule has 3 aromatic rings. The molecule has 3 heterocycles. The van der Waals surface area contributed by atoms with Gasteiger partial charge >= 0.3 is 0 Å². The molecule has 12 heteroatoms. The van der Waals surface area contributed by atoms with Gasteiger partial charge in [-0.2, -0.15) is 0 Å². The van der Waals surface area contributed by atoms with Crippen LogP contribution >= 0.6 is 0 Å². The third-order valence-electron chi connectivity index (χ3n) is 6.22. The first-order chi connectivity index (χ1) is 17.4. The molecule has 1 aliphatic heterocycles. The molecule has 0 saturated carbocycles. The average Bonchev–Trinajstić information content (AvgIpc) is 3.30. The zero-order valence-electron chi connectivity index (χ0n) is 20.8. The lowest BCUT2D eigenvalue weighted by atomic mass is 9.95. The molecule has 0 aliphatic carbocycles. The molecule has 4 rings (SSSR count). The van der Waals surface area contributed by atoms with Gasteiger partial charge in [0.2, 0.25) is 21.9 Å². The largest absolute Gasteiger partial charge is 0.494 e. The van der Waals surface area contributed by atoms with E-state index in [4.69, 9.17) is 18.9 Å². The third kappa shape index (κ3) is 5.39. The standard InChI is InChI=1S/C24H31N5O6S/c1-16(15-17-11-13-35-14-12-17)36(30,31)28-24-27-26-23(18-7-5-10-21(25-18)34-4)29(24)22-19(32-2)8-6-9-20(22)33-3/h5-10,16-17H,11-15H2,1-4H3,(H,27,28)/t16-/m1/s1. The number of nitrogens with one attached hydrogen (secondary N) is 1. The van der Waals surface area contributed by atoms with Crippen LogP contribution in [0.15, 0.2) is 36.4 Å². The Morgan fingerprint density at radius 1 is 1.03 bits per heavy atom. The van der Waals surface area contributed by atoms with E-state index < -0.39 is 15.3 Å². The Hall–Kier alpha value is -3.38. The number of hydrogen-bond acceptors (Lipinski definition) is 9. The van der Waals surface area contributed by atoms with Crippen molar-refractivity contribution >= 4 is 16.0 Å². The fourth-order valence-corrected chi connectivity index (χ4v) is 5.35. The van der Waals surface area contributed by atoms with E-state index in [-0.39, 0.29) is 17.7 Å². The minimum atomic E-state index is -3.80. The van der Waals surface area contributed by atoms with E-state index in [1.165, 1.54) is 25.9 Å². The first-order valence-electron chi connectivity index (χ1n) is 11.7. The Morgan fingerprint density at radius 3 is 2.33 bits per heavy atom. The van der Waals surface area contributed by atoms with Crippen LogP contribution in [0.25, 0.3) is 17.2 Å². The Kier molecular flexibility index (Phi) is 7.94. The van der Waals surface area contributed by atoms with Crippen LogP contribution in [0, 0.1) is 5.92 Å². The molecule has 0 radical (unpaired) electrons. The van der Waals surface area contributed by atoms with Crippen LogP contribution in [-0.4, -0.2) is 68.0 Å². The van der Waals surface area contributed by atoms with Crippen LogP contribution in [0.5, 0.6) is 17.4 Å². The summed E-state index contributed by atoms with van der Waals surface area (Å²) in [4.78, 5) is 4.46. The molecule has 1 N–H and O–H groups in total. The molecule has 1 aromatic carbocycles. The maximum atomic E-state index is 13.4. The Bertz CT molecular complexity index is 1270. The summed E-state index contributed by atoms with van der Waals surface area (Å²) in [5.41, 5.74) is 0.859. The van der Waals surface area contributed by atoms with Gasteiger partial charge in [0, 0.05) is 19.3 Å². The maximum absolute atomic E-state index is 13.4. The second-order valence-electron chi connectivity index (χ2n) is 8.51. The number of sulfonamides is 1. The van der Waals surface area contributed by atoms with Crippen molar-refractivity contribution in [2.24, 2.45) is 5.92 Å². The molecule has 0 spiro atoms. The number of rotatable bonds is 10. The van der Waals surface area contributed by atoms with E-state index in [0.29, 0.717) is 48.4 Å². The molecular formula is C24H31N5O6S. The number of ether oxygens (including phenoxy) is 4. The molecule has 1 saturated heterocycles. The molecule has 0 amide bonds. The first kappa shape index (κ1) is 25.7. The molecule has 36 heavy (non-hydrogen) atoms. The van der Waals surface area contributed by atoms with E-state index in [9.17, 15) is 8.42 Å². The summed E-state index contributed by atoms with van der Waals surface area (Å²) in [5, 5.41) is 7.84. The normalized spacial score (nSPS) is 15.3. The molecule has 2 aromatic heterocycles. The molecule has 1 atom stereocenters. The minimum absolute atomic E-state index is 0.00347. The van der Waals surface area contributed by atoms with Crippen molar-refractivity contribution in [2.75, 3.05) is 39.3 Å². The summed E-state index contributed by atoms with van der Waals surface area (Å²) in [7, 11) is 0.748. The van der Waals surface area contributed by atoms with Gasteiger partial charge in [-0.3, -0.25) is 9.29 Å². The lowest BCUT2D eigenvalue weighted by Gasteiger charge is -2.25. The summed E-state index contributed by atoms with van der Waals surface area (Å²) in [6.45, 7) is 3.01. The molecule has 0 unspecified atom stereocenters. The highest BCUT2D eigenvalue weighted by Gasteiger charge is 2.30. The average molecular weight is 518 g/mol. The van der Waals surface area contributed by atoms with E-state index in [1.807, 2.05) is 0 Å². The molecule has 194 valence electrons. The lowest BCUT2D eigenvalue weighted by molar-refractivity contribution is 0.0639. The Morgan fingerprint density at radius 2 is 1.69 bits per heavy atom. The van der Waals surface area contributed by atoms with Gasteiger partial charge in [-0.15, -0.1) is 10.2 Å². The number of para-hydroxylation sites is 1. The van der Waals surface area contributed by atoms with Gasteiger partial charge in [0.1, 0.15) is 22.9 Å². The summed E-state index contributed by atoms with van der Waals surface area (Å²) in [6, 6.07) is 10.5. The predicted molar refractivity (Wildman–Crippen MR) is 134 cm³/mol. The van der Waals surface area contributed by atoms with E-state index >= 15 is 0 Å². The van der Waals surface area contributed by atoms with E-state index in [0.717, 1.165) is 12.8 Å². The third-order valence-corrected chi connectivity index (χ3v) is 7.94. The predicted octanol–water partition coefficient (Wildman–Crippen LogP) is 3.30. The second kappa shape index (κ2) is 11.1. The monoisotopic (exact) mass is 517 g/mol. The van der Waals surface area contributed by atoms with Crippen molar-refractivity contribution in [3.05, 3.63) is 36.4 Å². The first-order valence-corrected chi connectivity index (χ1v) is 13.2. The molecular weight excluding hydrogens is 486 g/mol. The number of aromatic nitrogens is 4. The lowest BCUT2D eigenvalue weighted by Crippen LogP contribution is -2.30. The summed E-state index contributed by atoms with van der Waals surface area (Å²) < 4.78 is 52.8. The summed E-state index contributed by atoms with van der Waals surface area (Å²) in [5.74, 6) is 1.82. The van der Waals surface area contributed by atoms with Crippen molar-refractivity contribution in [1.29, 1.82) is 0 Å². The maximum Gasteiger partial charge on any atom is 0.243 e. The zero-order valence-corrected chi connectivity index (χ0v) is 21.6. The summed E-state index contributed by atoms with van der Waals surface area (Å²) in [6.07, 6.45) is 2.22. The fourth-order valence-electron chi connectivity index (χ4n) is 4.24. The van der Waals surface area contributed by atoms with Crippen molar-refractivity contribution in [3.8, 4) is 34.6 Å². The molecule has 1 aliphatic rings. The number of hydrogen-bond donors (Lipinski definition) is 1. The SMILES string of the molecule is COc1cccc(-c2nnc(NS(=O)(=O)[C@H](C)CC3CCOCC3)n2-c2c(OC)cccc2OC)n1. The Balaban J connectivity index is 1.79. The van der Waals surface area contributed by atoms with Crippen LogP contribution in [-0.2, 0) is 14.8 Å². The molecule has 0 bridgehead atoms. The number of pyridine rings is 1. The van der Waals surface area contributed by atoms with Crippen LogP contribution in [0.4, 0.5) is 5.95 Å². The highest BCUT2D eigenvalue weighted by atomic mass is 32.2. The molecule has 1 fully saturated rings. The highest BCUT2D eigenvalue weighted by molar-refractivity contribution is 7.93.